The van der Waals surface area contributed by atoms with Crippen molar-refractivity contribution in [1.29, 1.82) is 0 Å². The van der Waals surface area contributed by atoms with Crippen molar-refractivity contribution >= 4 is 0 Å². The van der Waals surface area contributed by atoms with E-state index in [0.717, 1.165) is 30.3 Å². The Balaban J connectivity index is 1.82. The van der Waals surface area contributed by atoms with E-state index in [4.69, 9.17) is 9.47 Å². The van der Waals surface area contributed by atoms with Gasteiger partial charge in [0.25, 0.3) is 0 Å². The van der Waals surface area contributed by atoms with Crippen LogP contribution in [0, 0.1) is 0 Å². The van der Waals surface area contributed by atoms with E-state index in [0.29, 0.717) is 13.2 Å². The molecule has 1 aromatic carbocycles. The Kier molecular flexibility index (Phi) is 5.43. The van der Waals surface area contributed by atoms with Crippen LogP contribution in [-0.2, 0) is 13.1 Å². The van der Waals surface area contributed by atoms with Crippen molar-refractivity contribution in [1.82, 2.24) is 15.1 Å². The first kappa shape index (κ1) is 14.4. The second-order valence-corrected chi connectivity index (χ2v) is 4.35. The summed E-state index contributed by atoms with van der Waals surface area (Å²) < 4.78 is 12.9. The van der Waals surface area contributed by atoms with Crippen LogP contribution in [0.15, 0.2) is 36.5 Å². The molecule has 5 nitrogen and oxygen atoms in total. The van der Waals surface area contributed by atoms with Crippen molar-refractivity contribution in [2.45, 2.75) is 20.0 Å². The van der Waals surface area contributed by atoms with E-state index in [-0.39, 0.29) is 0 Å². The van der Waals surface area contributed by atoms with Crippen molar-refractivity contribution in [3.63, 3.8) is 0 Å². The standard InChI is InChI=1S/C15H21N3O2/c1-3-16-12-13-8-9-18(17-13)10-11-20-15-7-5-4-6-14(15)19-2/h4-9,16H,3,10-12H2,1-2H3. The lowest BCUT2D eigenvalue weighted by Crippen LogP contribution is -2.13. The lowest BCUT2D eigenvalue weighted by molar-refractivity contribution is 0.274. The molecule has 5 heteroatoms. The second-order valence-electron chi connectivity index (χ2n) is 4.35. The van der Waals surface area contributed by atoms with E-state index >= 15 is 0 Å². The molecule has 0 aliphatic heterocycles. The van der Waals surface area contributed by atoms with Crippen LogP contribution < -0.4 is 14.8 Å². The van der Waals surface area contributed by atoms with Gasteiger partial charge in [0.2, 0.25) is 0 Å². The van der Waals surface area contributed by atoms with Crippen LogP contribution in [0.4, 0.5) is 0 Å². The van der Waals surface area contributed by atoms with Gasteiger partial charge in [-0.25, -0.2) is 0 Å². The molecule has 2 rings (SSSR count). The highest BCUT2D eigenvalue weighted by molar-refractivity contribution is 5.39. The van der Waals surface area contributed by atoms with Crippen molar-refractivity contribution in [2.24, 2.45) is 0 Å². The van der Waals surface area contributed by atoms with E-state index < -0.39 is 0 Å². The Morgan fingerprint density at radius 2 is 2.00 bits per heavy atom. The highest BCUT2D eigenvalue weighted by Gasteiger charge is 2.03. The minimum atomic E-state index is 0.558. The largest absolute Gasteiger partial charge is 0.493 e. The predicted molar refractivity (Wildman–Crippen MR) is 78.1 cm³/mol. The topological polar surface area (TPSA) is 48.3 Å². The highest BCUT2D eigenvalue weighted by atomic mass is 16.5. The van der Waals surface area contributed by atoms with Crippen molar-refractivity contribution < 1.29 is 9.47 Å². The average Bonchev–Trinajstić information content (AvgIpc) is 2.93. The maximum absolute atomic E-state index is 5.72. The predicted octanol–water partition coefficient (Wildman–Crippen LogP) is 2.08. The lowest BCUT2D eigenvalue weighted by atomic mass is 10.3. The molecule has 0 saturated carbocycles. The second kappa shape index (κ2) is 7.55. The number of hydrogen-bond donors (Lipinski definition) is 1. The van der Waals surface area contributed by atoms with Gasteiger partial charge >= 0.3 is 0 Å². The molecule has 0 radical (unpaired) electrons. The molecule has 0 bridgehead atoms. The van der Waals surface area contributed by atoms with Crippen molar-refractivity contribution in [3.05, 3.63) is 42.2 Å². The summed E-state index contributed by atoms with van der Waals surface area (Å²) in [5.74, 6) is 1.51. The number of aromatic nitrogens is 2. The SMILES string of the molecule is CCNCc1ccn(CCOc2ccccc2OC)n1. The van der Waals surface area contributed by atoms with Crippen LogP contribution in [0.25, 0.3) is 0 Å². The van der Waals surface area contributed by atoms with E-state index in [1.165, 1.54) is 0 Å². The van der Waals surface area contributed by atoms with Gasteiger partial charge in [-0.3, -0.25) is 4.68 Å². The molecule has 0 fully saturated rings. The maximum atomic E-state index is 5.72. The molecule has 0 unspecified atom stereocenters. The van der Waals surface area contributed by atoms with Crippen LogP contribution in [0.2, 0.25) is 0 Å². The summed E-state index contributed by atoms with van der Waals surface area (Å²) in [6.45, 7) is 5.10. The van der Waals surface area contributed by atoms with Crippen LogP contribution in [0.5, 0.6) is 11.5 Å². The molecular formula is C15H21N3O2. The number of rotatable bonds is 8. The molecule has 0 aliphatic rings. The third-order valence-corrected chi connectivity index (χ3v) is 2.90. The fourth-order valence-corrected chi connectivity index (χ4v) is 1.86. The molecule has 20 heavy (non-hydrogen) atoms. The lowest BCUT2D eigenvalue weighted by Gasteiger charge is -2.10. The maximum Gasteiger partial charge on any atom is 0.161 e. The summed E-state index contributed by atoms with van der Waals surface area (Å²) in [7, 11) is 1.64. The quantitative estimate of drug-likeness (QED) is 0.801. The fraction of sp³-hybridized carbons (Fsp3) is 0.400. The summed E-state index contributed by atoms with van der Waals surface area (Å²) in [4.78, 5) is 0. The first-order valence-electron chi connectivity index (χ1n) is 6.82. The number of ether oxygens (including phenoxy) is 2. The Morgan fingerprint density at radius 1 is 1.20 bits per heavy atom. The third kappa shape index (κ3) is 3.99. The zero-order valence-corrected chi connectivity index (χ0v) is 12.0. The zero-order chi connectivity index (χ0) is 14.2. The summed E-state index contributed by atoms with van der Waals surface area (Å²) >= 11 is 0. The number of hydrogen-bond acceptors (Lipinski definition) is 4. The van der Waals surface area contributed by atoms with E-state index in [9.17, 15) is 0 Å². The Bertz CT molecular complexity index is 525. The van der Waals surface area contributed by atoms with Crippen LogP contribution in [-0.4, -0.2) is 30.0 Å². The monoisotopic (exact) mass is 275 g/mol. The highest BCUT2D eigenvalue weighted by Crippen LogP contribution is 2.25. The summed E-state index contributed by atoms with van der Waals surface area (Å²) in [6.07, 6.45) is 1.97. The van der Waals surface area contributed by atoms with Gasteiger partial charge in [0.1, 0.15) is 6.61 Å². The summed E-state index contributed by atoms with van der Waals surface area (Å²) in [5.41, 5.74) is 1.05. The van der Waals surface area contributed by atoms with Gasteiger partial charge in [-0.15, -0.1) is 0 Å². The van der Waals surface area contributed by atoms with Gasteiger partial charge in [-0.05, 0) is 24.7 Å². The average molecular weight is 275 g/mol. The first-order valence-corrected chi connectivity index (χ1v) is 6.82. The van der Waals surface area contributed by atoms with E-state index in [1.54, 1.807) is 7.11 Å². The van der Waals surface area contributed by atoms with Gasteiger partial charge in [-0.2, -0.15) is 5.10 Å². The smallest absolute Gasteiger partial charge is 0.161 e. The van der Waals surface area contributed by atoms with Crippen LogP contribution >= 0.6 is 0 Å². The molecule has 108 valence electrons. The number of nitrogens with zero attached hydrogens (tertiary/aromatic N) is 2. The number of methoxy groups -OCH3 is 1. The van der Waals surface area contributed by atoms with E-state index in [2.05, 4.69) is 17.3 Å². The van der Waals surface area contributed by atoms with Gasteiger partial charge in [0.05, 0.1) is 19.3 Å². The van der Waals surface area contributed by atoms with Gasteiger partial charge in [-0.1, -0.05) is 19.1 Å². The molecular weight excluding hydrogens is 254 g/mol. The molecule has 0 amide bonds. The molecule has 1 heterocycles. The summed E-state index contributed by atoms with van der Waals surface area (Å²) in [5, 5.41) is 7.72. The van der Waals surface area contributed by atoms with Crippen molar-refractivity contribution in [2.75, 3.05) is 20.3 Å². The molecule has 0 saturated heterocycles. The normalized spacial score (nSPS) is 10.5. The minimum Gasteiger partial charge on any atom is -0.493 e. The summed E-state index contributed by atoms with van der Waals surface area (Å²) in [6, 6.07) is 9.66. The van der Waals surface area contributed by atoms with Crippen LogP contribution in [0.1, 0.15) is 12.6 Å². The molecule has 0 spiro atoms. The third-order valence-electron chi connectivity index (χ3n) is 2.90. The molecule has 1 aromatic heterocycles. The van der Waals surface area contributed by atoms with Crippen molar-refractivity contribution in [3.8, 4) is 11.5 Å². The van der Waals surface area contributed by atoms with Crippen LogP contribution in [0.3, 0.4) is 0 Å². The van der Waals surface area contributed by atoms with E-state index in [1.807, 2.05) is 41.2 Å². The Morgan fingerprint density at radius 3 is 2.75 bits per heavy atom. The Labute approximate surface area is 119 Å². The first-order chi connectivity index (χ1) is 9.83. The Hall–Kier alpha value is -2.01. The fourth-order valence-electron chi connectivity index (χ4n) is 1.86. The van der Waals surface area contributed by atoms with Gasteiger partial charge in [0.15, 0.2) is 11.5 Å². The molecule has 2 aromatic rings. The van der Waals surface area contributed by atoms with Gasteiger partial charge < -0.3 is 14.8 Å². The zero-order valence-electron chi connectivity index (χ0n) is 12.0. The number of benzene rings is 1. The van der Waals surface area contributed by atoms with Gasteiger partial charge in [0, 0.05) is 12.7 Å². The number of para-hydroxylation sites is 2. The number of nitrogens with one attached hydrogen (secondary N) is 1. The molecule has 0 atom stereocenters. The molecule has 0 aliphatic carbocycles. The molecule has 1 N–H and O–H groups in total. The minimum absolute atomic E-state index is 0.558.